The van der Waals surface area contributed by atoms with E-state index in [0.717, 1.165) is 38.7 Å². The lowest BCUT2D eigenvalue weighted by Gasteiger charge is -2.12. The Morgan fingerprint density at radius 1 is 1.36 bits per heavy atom. The Bertz CT molecular complexity index is 137. The van der Waals surface area contributed by atoms with Crippen LogP contribution in [-0.2, 0) is 9.47 Å². The number of hydrogen-bond donors (Lipinski definition) is 1. The number of methoxy groups -OCH3 is 1. The van der Waals surface area contributed by atoms with E-state index in [4.69, 9.17) is 9.47 Å². The molecule has 0 bridgehead atoms. The van der Waals surface area contributed by atoms with Crippen LogP contribution in [0.1, 0.15) is 26.2 Å². The van der Waals surface area contributed by atoms with Gasteiger partial charge in [0.15, 0.2) is 0 Å². The fourth-order valence-electron chi connectivity index (χ4n) is 1.31. The third-order valence-corrected chi connectivity index (χ3v) is 2.54. The first-order valence-corrected chi connectivity index (χ1v) is 5.63. The van der Waals surface area contributed by atoms with E-state index < -0.39 is 0 Å². The van der Waals surface area contributed by atoms with Crippen LogP contribution >= 0.6 is 0 Å². The quantitative estimate of drug-likeness (QED) is 0.572. The Labute approximate surface area is 87.2 Å². The van der Waals surface area contributed by atoms with Crippen LogP contribution in [0.25, 0.3) is 0 Å². The predicted octanol–water partition coefficient (Wildman–Crippen LogP) is 1.43. The minimum Gasteiger partial charge on any atom is -0.385 e. The summed E-state index contributed by atoms with van der Waals surface area (Å²) >= 11 is 0. The van der Waals surface area contributed by atoms with E-state index in [1.165, 1.54) is 12.8 Å². The maximum atomic E-state index is 5.52. The molecule has 0 aromatic carbocycles. The minimum atomic E-state index is 0.527. The highest BCUT2D eigenvalue weighted by Gasteiger charge is 2.20. The first-order valence-electron chi connectivity index (χ1n) is 5.63. The highest BCUT2D eigenvalue weighted by molar-refractivity contribution is 4.72. The first-order chi connectivity index (χ1) is 6.83. The van der Waals surface area contributed by atoms with Crippen LogP contribution in [-0.4, -0.2) is 39.5 Å². The Morgan fingerprint density at radius 2 is 2.14 bits per heavy atom. The van der Waals surface area contributed by atoms with Crippen molar-refractivity contribution >= 4 is 0 Å². The van der Waals surface area contributed by atoms with Gasteiger partial charge < -0.3 is 14.8 Å². The van der Waals surface area contributed by atoms with Gasteiger partial charge >= 0.3 is 0 Å². The summed E-state index contributed by atoms with van der Waals surface area (Å²) in [6.07, 6.45) is 3.81. The average Bonchev–Trinajstić information content (AvgIpc) is 2.98. The van der Waals surface area contributed by atoms with Crippen LogP contribution < -0.4 is 5.32 Å². The van der Waals surface area contributed by atoms with Gasteiger partial charge in [0.1, 0.15) is 0 Å². The van der Waals surface area contributed by atoms with Gasteiger partial charge in [-0.05, 0) is 32.1 Å². The zero-order chi connectivity index (χ0) is 10.2. The summed E-state index contributed by atoms with van der Waals surface area (Å²) in [5.74, 6) is 0.876. The molecule has 1 aliphatic rings. The van der Waals surface area contributed by atoms with Gasteiger partial charge in [-0.2, -0.15) is 0 Å². The van der Waals surface area contributed by atoms with Crippen molar-refractivity contribution in [2.24, 2.45) is 5.92 Å². The van der Waals surface area contributed by atoms with Gasteiger partial charge in [-0.3, -0.25) is 0 Å². The molecule has 1 N–H and O–H groups in total. The third kappa shape index (κ3) is 6.35. The monoisotopic (exact) mass is 201 g/mol. The van der Waals surface area contributed by atoms with E-state index in [1.807, 2.05) is 0 Å². The summed E-state index contributed by atoms with van der Waals surface area (Å²) in [6.45, 7) is 5.77. The van der Waals surface area contributed by atoms with Crippen molar-refractivity contribution < 1.29 is 9.47 Å². The zero-order valence-electron chi connectivity index (χ0n) is 9.42. The summed E-state index contributed by atoms with van der Waals surface area (Å²) in [7, 11) is 1.74. The van der Waals surface area contributed by atoms with E-state index in [-0.39, 0.29) is 0 Å². The molecule has 1 aliphatic carbocycles. The van der Waals surface area contributed by atoms with Crippen LogP contribution in [0, 0.1) is 5.92 Å². The third-order valence-electron chi connectivity index (χ3n) is 2.54. The highest BCUT2D eigenvalue weighted by atomic mass is 16.5. The second-order valence-corrected chi connectivity index (χ2v) is 4.15. The van der Waals surface area contributed by atoms with Crippen molar-refractivity contribution in [1.29, 1.82) is 0 Å². The summed E-state index contributed by atoms with van der Waals surface area (Å²) in [5.41, 5.74) is 0. The van der Waals surface area contributed by atoms with Crippen molar-refractivity contribution in [2.45, 2.75) is 32.2 Å². The second kappa shape index (κ2) is 7.21. The lowest BCUT2D eigenvalue weighted by Crippen LogP contribution is -2.30. The van der Waals surface area contributed by atoms with E-state index in [1.54, 1.807) is 7.11 Å². The van der Waals surface area contributed by atoms with Crippen LogP contribution in [0.15, 0.2) is 0 Å². The van der Waals surface area contributed by atoms with Crippen LogP contribution in [0.2, 0.25) is 0 Å². The maximum Gasteiger partial charge on any atom is 0.0591 e. The fourth-order valence-corrected chi connectivity index (χ4v) is 1.31. The van der Waals surface area contributed by atoms with Gasteiger partial charge in [0.2, 0.25) is 0 Å². The Morgan fingerprint density at radius 3 is 2.79 bits per heavy atom. The predicted molar refractivity (Wildman–Crippen MR) is 57.5 cm³/mol. The van der Waals surface area contributed by atoms with Crippen LogP contribution in [0.5, 0.6) is 0 Å². The molecule has 1 unspecified atom stereocenters. The molecule has 84 valence electrons. The SMILES string of the molecule is COCCC(C)NCCOCC1CC1. The molecular weight excluding hydrogens is 178 g/mol. The molecule has 0 aromatic rings. The molecule has 0 amide bonds. The largest absolute Gasteiger partial charge is 0.385 e. The topological polar surface area (TPSA) is 30.5 Å². The van der Waals surface area contributed by atoms with E-state index in [2.05, 4.69) is 12.2 Å². The lowest BCUT2D eigenvalue weighted by atomic mass is 10.2. The first kappa shape index (κ1) is 12.0. The lowest BCUT2D eigenvalue weighted by molar-refractivity contribution is 0.122. The molecule has 3 nitrogen and oxygen atoms in total. The van der Waals surface area contributed by atoms with Crippen LogP contribution in [0.3, 0.4) is 0 Å². The van der Waals surface area contributed by atoms with Gasteiger partial charge in [-0.1, -0.05) is 0 Å². The number of nitrogens with one attached hydrogen (secondary N) is 1. The Hall–Kier alpha value is -0.120. The molecule has 0 saturated heterocycles. The number of ether oxygens (including phenoxy) is 2. The van der Waals surface area contributed by atoms with Crippen molar-refractivity contribution in [3.05, 3.63) is 0 Å². The molecule has 0 aromatic heterocycles. The molecule has 14 heavy (non-hydrogen) atoms. The van der Waals surface area contributed by atoms with Crippen molar-refractivity contribution in [3.63, 3.8) is 0 Å². The van der Waals surface area contributed by atoms with Gasteiger partial charge in [-0.15, -0.1) is 0 Å². The summed E-state index contributed by atoms with van der Waals surface area (Å²) < 4.78 is 10.5. The Balaban J connectivity index is 1.77. The standard InChI is InChI=1S/C11H23NO2/c1-10(5-7-13-2)12-6-8-14-9-11-3-4-11/h10-12H,3-9H2,1-2H3. The normalized spacial score (nSPS) is 18.4. The van der Waals surface area contributed by atoms with Gasteiger partial charge in [-0.25, -0.2) is 0 Å². The van der Waals surface area contributed by atoms with Gasteiger partial charge in [0, 0.05) is 32.9 Å². The smallest absolute Gasteiger partial charge is 0.0591 e. The van der Waals surface area contributed by atoms with Crippen molar-refractivity contribution in [3.8, 4) is 0 Å². The number of hydrogen-bond acceptors (Lipinski definition) is 3. The molecule has 0 spiro atoms. The zero-order valence-corrected chi connectivity index (χ0v) is 9.42. The summed E-state index contributed by atoms with van der Waals surface area (Å²) in [5, 5.41) is 3.41. The van der Waals surface area contributed by atoms with Crippen molar-refractivity contribution in [2.75, 3.05) is 33.5 Å². The van der Waals surface area contributed by atoms with Gasteiger partial charge in [0.05, 0.1) is 6.61 Å². The minimum absolute atomic E-state index is 0.527. The summed E-state index contributed by atoms with van der Waals surface area (Å²) in [4.78, 5) is 0. The van der Waals surface area contributed by atoms with E-state index in [9.17, 15) is 0 Å². The van der Waals surface area contributed by atoms with Crippen LogP contribution in [0.4, 0.5) is 0 Å². The average molecular weight is 201 g/mol. The molecule has 3 heteroatoms. The van der Waals surface area contributed by atoms with E-state index >= 15 is 0 Å². The van der Waals surface area contributed by atoms with Gasteiger partial charge in [0.25, 0.3) is 0 Å². The molecule has 0 aliphatic heterocycles. The molecule has 0 radical (unpaired) electrons. The van der Waals surface area contributed by atoms with E-state index in [0.29, 0.717) is 6.04 Å². The second-order valence-electron chi connectivity index (χ2n) is 4.15. The molecule has 1 saturated carbocycles. The fraction of sp³-hybridized carbons (Fsp3) is 1.00. The molecule has 1 atom stereocenters. The molecule has 1 rings (SSSR count). The maximum absolute atomic E-state index is 5.52. The highest BCUT2D eigenvalue weighted by Crippen LogP contribution is 2.28. The molecule has 1 fully saturated rings. The molecule has 0 heterocycles. The molecular formula is C11H23NO2. The Kier molecular flexibility index (Phi) is 6.15. The summed E-state index contributed by atoms with van der Waals surface area (Å²) in [6, 6.07) is 0.527. The number of rotatable bonds is 9. The van der Waals surface area contributed by atoms with Crippen molar-refractivity contribution in [1.82, 2.24) is 5.32 Å².